The van der Waals surface area contributed by atoms with Crippen molar-refractivity contribution in [1.29, 1.82) is 0 Å². The quantitative estimate of drug-likeness (QED) is 0.165. The molecular weight excluding hydrogens is 513 g/mol. The first kappa shape index (κ1) is 24.5. The molecular formula is C30H32N3O2Se+. The number of rotatable bonds is 7. The van der Waals surface area contributed by atoms with Crippen molar-refractivity contribution in [2.75, 3.05) is 24.5 Å². The Kier molecular flexibility index (Phi) is 6.83. The predicted octanol–water partition coefficient (Wildman–Crippen LogP) is 5.71. The summed E-state index contributed by atoms with van der Waals surface area (Å²) in [6, 6.07) is 26.7. The number of likely N-dealkylation sites (N-methyl/N-ethyl adjacent to an activating group) is 2. The number of hydrogen-bond donors (Lipinski definition) is 0. The predicted molar refractivity (Wildman–Crippen MR) is 147 cm³/mol. The molecule has 2 unspecified atom stereocenters. The van der Waals surface area contributed by atoms with E-state index in [1.165, 1.54) is 21.4 Å². The number of hydrogen-bond acceptors (Lipinski definition) is 3. The zero-order valence-electron chi connectivity index (χ0n) is 21.1. The van der Waals surface area contributed by atoms with E-state index in [0.29, 0.717) is 19.8 Å². The van der Waals surface area contributed by atoms with E-state index in [4.69, 9.17) is 0 Å². The van der Waals surface area contributed by atoms with Crippen molar-refractivity contribution in [3.8, 4) is 0 Å². The molecule has 2 heterocycles. The van der Waals surface area contributed by atoms with Crippen molar-refractivity contribution in [3.63, 3.8) is 0 Å². The molecule has 2 aliphatic heterocycles. The molecule has 0 aliphatic carbocycles. The van der Waals surface area contributed by atoms with Crippen molar-refractivity contribution in [2.24, 2.45) is 0 Å². The normalized spacial score (nSPS) is 22.4. The summed E-state index contributed by atoms with van der Waals surface area (Å²) in [5.41, 5.74) is 5.80. The monoisotopic (exact) mass is 546 g/mol. The number of fused-ring (bicyclic) bond motifs is 1. The molecule has 2 atom stereocenters. The number of non-ortho nitro benzene ring substituents is 1. The van der Waals surface area contributed by atoms with Crippen molar-refractivity contribution in [1.82, 2.24) is 0 Å². The van der Waals surface area contributed by atoms with Gasteiger partial charge < -0.3 is 0 Å². The molecule has 5 nitrogen and oxygen atoms in total. The van der Waals surface area contributed by atoms with E-state index in [1.54, 1.807) is 12.1 Å². The molecule has 0 fully saturated rings. The number of nitro benzene ring substituents is 1. The van der Waals surface area contributed by atoms with Crippen LogP contribution in [0, 0.1) is 10.1 Å². The van der Waals surface area contributed by atoms with Crippen LogP contribution in [0.2, 0.25) is 0 Å². The molecule has 0 saturated carbocycles. The average molecular weight is 546 g/mol. The third-order valence-corrected chi connectivity index (χ3v) is 10.2. The van der Waals surface area contributed by atoms with E-state index < -0.39 is 0 Å². The second-order valence-electron chi connectivity index (χ2n) is 9.62. The Morgan fingerprint density at radius 2 is 1.78 bits per heavy atom. The Morgan fingerprint density at radius 1 is 1.08 bits per heavy atom. The SMILES string of the molecule is CCN1/C(=C/C2=[N+](CC)CC(c3ccccc3)[Se]2)C(C)(Cc2ccccc2)c2cc([N+](=O)[O-])ccc21. The first-order valence-electron chi connectivity index (χ1n) is 12.6. The summed E-state index contributed by atoms with van der Waals surface area (Å²) in [5.74, 6) is 0. The zero-order chi connectivity index (χ0) is 25.3. The van der Waals surface area contributed by atoms with Crippen LogP contribution in [0.3, 0.4) is 0 Å². The van der Waals surface area contributed by atoms with Gasteiger partial charge in [0.15, 0.2) is 0 Å². The molecule has 0 bridgehead atoms. The molecule has 5 rings (SSSR count). The Bertz CT molecular complexity index is 1340. The molecule has 0 N–H and O–H groups in total. The van der Waals surface area contributed by atoms with Crippen LogP contribution < -0.4 is 4.90 Å². The number of benzene rings is 3. The van der Waals surface area contributed by atoms with Crippen LogP contribution in [0.25, 0.3) is 0 Å². The molecule has 0 saturated heterocycles. The van der Waals surface area contributed by atoms with E-state index in [9.17, 15) is 10.1 Å². The van der Waals surface area contributed by atoms with Crippen LogP contribution in [0.5, 0.6) is 0 Å². The molecule has 3 aromatic carbocycles. The second kappa shape index (κ2) is 10.0. The summed E-state index contributed by atoms with van der Waals surface area (Å²) in [4.78, 5) is 14.3. The van der Waals surface area contributed by atoms with Crippen LogP contribution in [-0.4, -0.2) is 48.7 Å². The second-order valence-corrected chi connectivity index (χ2v) is 12.2. The van der Waals surface area contributed by atoms with Gasteiger partial charge in [0.2, 0.25) is 0 Å². The fourth-order valence-corrected chi connectivity index (χ4v) is 8.44. The van der Waals surface area contributed by atoms with Gasteiger partial charge in [0.25, 0.3) is 0 Å². The van der Waals surface area contributed by atoms with Gasteiger partial charge in [-0.3, -0.25) is 0 Å². The van der Waals surface area contributed by atoms with Crippen molar-refractivity contribution >= 4 is 30.9 Å². The van der Waals surface area contributed by atoms with Gasteiger partial charge in [-0.05, 0) is 0 Å². The van der Waals surface area contributed by atoms with Gasteiger partial charge in [-0.25, -0.2) is 0 Å². The molecule has 3 aromatic rings. The average Bonchev–Trinajstić information content (AvgIpc) is 3.41. The number of nitro groups is 1. The Labute approximate surface area is 219 Å². The van der Waals surface area contributed by atoms with Gasteiger partial charge in [0.1, 0.15) is 0 Å². The maximum absolute atomic E-state index is 11.7. The summed E-state index contributed by atoms with van der Waals surface area (Å²) < 4.78 is 3.93. The topological polar surface area (TPSA) is 49.4 Å². The fraction of sp³-hybridized carbons (Fsp3) is 0.300. The summed E-state index contributed by atoms with van der Waals surface area (Å²) in [6.07, 6.45) is 3.21. The van der Waals surface area contributed by atoms with E-state index in [-0.39, 0.29) is 16.0 Å². The maximum atomic E-state index is 11.7. The van der Waals surface area contributed by atoms with Crippen LogP contribution >= 0.6 is 0 Å². The molecule has 184 valence electrons. The minimum absolute atomic E-state index is 0.155. The third-order valence-electron chi connectivity index (χ3n) is 7.42. The molecule has 36 heavy (non-hydrogen) atoms. The van der Waals surface area contributed by atoms with Gasteiger partial charge in [-0.1, -0.05) is 0 Å². The third kappa shape index (κ3) is 4.40. The van der Waals surface area contributed by atoms with E-state index in [0.717, 1.165) is 37.3 Å². The van der Waals surface area contributed by atoms with Gasteiger partial charge in [0.05, 0.1) is 0 Å². The van der Waals surface area contributed by atoms with Crippen LogP contribution in [-0.2, 0) is 11.8 Å². The number of nitrogens with zero attached hydrogens (tertiary/aromatic N) is 3. The summed E-state index contributed by atoms with van der Waals surface area (Å²) >= 11 is 0.304. The summed E-state index contributed by atoms with van der Waals surface area (Å²) in [5, 5.41) is 11.7. The Hall–Kier alpha value is -3.21. The van der Waals surface area contributed by atoms with E-state index in [1.807, 2.05) is 12.1 Å². The fourth-order valence-electron chi connectivity index (χ4n) is 5.56. The summed E-state index contributed by atoms with van der Waals surface area (Å²) in [6.45, 7) is 9.49. The van der Waals surface area contributed by atoms with Crippen LogP contribution in [0.1, 0.15) is 42.3 Å². The molecule has 0 spiro atoms. The molecule has 0 radical (unpaired) electrons. The minimum atomic E-state index is -0.369. The first-order valence-corrected chi connectivity index (χ1v) is 14.4. The molecule has 6 heteroatoms. The number of allylic oxidation sites excluding steroid dienone is 2. The molecule has 0 aromatic heterocycles. The van der Waals surface area contributed by atoms with Crippen molar-refractivity contribution in [2.45, 2.75) is 37.4 Å². The summed E-state index contributed by atoms with van der Waals surface area (Å²) in [7, 11) is 0. The van der Waals surface area contributed by atoms with Crippen molar-refractivity contribution < 1.29 is 9.50 Å². The first-order chi connectivity index (χ1) is 17.4. The van der Waals surface area contributed by atoms with Crippen LogP contribution in [0.15, 0.2) is 90.6 Å². The van der Waals surface area contributed by atoms with Crippen LogP contribution in [0.4, 0.5) is 11.4 Å². The standard InChI is InChI=1S/C30H32N3O2Se/c1-4-31-21-27(23-14-10-7-11-15-23)36-29(31)19-28-30(3,20-22-12-8-6-9-13-22)25-18-24(33(34)35)16-17-26(25)32(28)5-2/h6-19,27H,4-5,20-21H2,1-3H3/q+1. The van der Waals surface area contributed by atoms with Gasteiger partial charge in [-0.2, -0.15) is 0 Å². The van der Waals surface area contributed by atoms with E-state index in [2.05, 4.69) is 90.9 Å². The van der Waals surface area contributed by atoms with E-state index >= 15 is 0 Å². The molecule has 0 amide bonds. The van der Waals surface area contributed by atoms with Gasteiger partial charge in [-0.15, -0.1) is 0 Å². The number of anilines is 1. The Morgan fingerprint density at radius 3 is 2.42 bits per heavy atom. The zero-order valence-corrected chi connectivity index (χ0v) is 22.8. The Balaban J connectivity index is 1.62. The van der Waals surface area contributed by atoms with Gasteiger partial charge >= 0.3 is 220 Å². The van der Waals surface area contributed by atoms with Crippen molar-refractivity contribution in [3.05, 3.63) is 117 Å². The van der Waals surface area contributed by atoms with Gasteiger partial charge in [0, 0.05) is 0 Å². The molecule has 2 aliphatic rings.